The molecule has 1 aliphatic rings. The van der Waals surface area contributed by atoms with Crippen molar-refractivity contribution in [1.29, 1.82) is 0 Å². The van der Waals surface area contributed by atoms with Crippen molar-refractivity contribution >= 4 is 23.2 Å². The second-order valence-corrected chi connectivity index (χ2v) is 7.62. The van der Waals surface area contributed by atoms with Gasteiger partial charge in [-0.2, -0.15) is 0 Å². The molecule has 1 amide bonds. The Kier molecular flexibility index (Phi) is 6.87. The van der Waals surface area contributed by atoms with E-state index in [1.807, 2.05) is 25.1 Å². The molecule has 2 N–H and O–H groups in total. The molecule has 1 fully saturated rings. The number of rotatable bonds is 7. The molecule has 1 heterocycles. The second kappa shape index (κ2) is 9.37. The largest absolute Gasteiger partial charge is 0.497 e. The van der Waals surface area contributed by atoms with Gasteiger partial charge in [0.15, 0.2) is 6.04 Å². The Morgan fingerprint density at radius 2 is 1.86 bits per heavy atom. The highest BCUT2D eigenvalue weighted by atomic mass is 35.5. The lowest BCUT2D eigenvalue weighted by Gasteiger charge is -2.28. The highest BCUT2D eigenvalue weighted by molar-refractivity contribution is 6.31. The van der Waals surface area contributed by atoms with Crippen molar-refractivity contribution in [1.82, 2.24) is 0 Å². The van der Waals surface area contributed by atoms with E-state index in [1.165, 1.54) is 4.90 Å². The maximum atomic E-state index is 13.0. The molecular weight excluding hydrogens is 392 g/mol. The first-order valence-corrected chi connectivity index (χ1v) is 10.1. The van der Waals surface area contributed by atoms with Gasteiger partial charge in [0.1, 0.15) is 23.3 Å². The van der Waals surface area contributed by atoms with Crippen LogP contribution in [0.2, 0.25) is 5.02 Å². The molecule has 29 heavy (non-hydrogen) atoms. The third kappa shape index (κ3) is 4.60. The van der Waals surface area contributed by atoms with E-state index in [2.05, 4.69) is 5.32 Å². The molecule has 2 aromatic carbocycles. The average molecular weight is 420 g/mol. The van der Waals surface area contributed by atoms with E-state index in [4.69, 9.17) is 25.8 Å². The number of anilines is 1. The number of quaternary nitrogens is 1. The number of carbonyl (C=O) groups is 1. The quantitative estimate of drug-likeness (QED) is 0.724. The molecule has 3 rings (SSSR count). The number of ether oxygens (including phenoxy) is 3. The van der Waals surface area contributed by atoms with Crippen LogP contribution in [0.15, 0.2) is 36.4 Å². The van der Waals surface area contributed by atoms with E-state index in [1.54, 1.807) is 39.5 Å². The van der Waals surface area contributed by atoms with Gasteiger partial charge in [-0.15, -0.1) is 0 Å². The Morgan fingerprint density at radius 3 is 2.55 bits per heavy atom. The number of hydrogen-bond acceptors (Lipinski definition) is 4. The number of halogens is 1. The highest BCUT2D eigenvalue weighted by Crippen LogP contribution is 2.32. The predicted molar refractivity (Wildman–Crippen MR) is 113 cm³/mol. The number of likely N-dealkylation sites (tertiary alicyclic amines) is 1. The topological polar surface area (TPSA) is 61.2 Å². The Hall–Kier alpha value is -2.44. The van der Waals surface area contributed by atoms with Crippen LogP contribution in [-0.2, 0) is 4.79 Å². The van der Waals surface area contributed by atoms with E-state index in [9.17, 15) is 4.79 Å². The Balaban J connectivity index is 1.81. The van der Waals surface area contributed by atoms with Gasteiger partial charge >= 0.3 is 0 Å². The number of methoxy groups -OCH3 is 3. The molecule has 0 aliphatic carbocycles. The summed E-state index contributed by atoms with van der Waals surface area (Å²) in [6.07, 6.45) is 2.05. The van der Waals surface area contributed by atoms with Gasteiger partial charge < -0.3 is 24.4 Å². The van der Waals surface area contributed by atoms with E-state index in [0.717, 1.165) is 36.4 Å². The van der Waals surface area contributed by atoms with Crippen LogP contribution in [0.3, 0.4) is 0 Å². The van der Waals surface area contributed by atoms with Crippen molar-refractivity contribution in [3.8, 4) is 17.2 Å². The van der Waals surface area contributed by atoms with Gasteiger partial charge in [-0.3, -0.25) is 4.79 Å². The smallest absolute Gasteiger partial charge is 0.282 e. The first-order chi connectivity index (χ1) is 14.0. The zero-order valence-electron chi connectivity index (χ0n) is 17.3. The summed E-state index contributed by atoms with van der Waals surface area (Å²) in [5, 5.41) is 3.52. The third-order valence-corrected chi connectivity index (χ3v) is 5.83. The fraction of sp³-hybridized carbons (Fsp3) is 0.409. The number of amides is 1. The maximum absolute atomic E-state index is 13.0. The van der Waals surface area contributed by atoms with Crippen molar-refractivity contribution in [3.05, 3.63) is 47.0 Å². The van der Waals surface area contributed by atoms with Gasteiger partial charge in [0, 0.05) is 23.9 Å². The molecule has 156 valence electrons. The Morgan fingerprint density at radius 1 is 1.10 bits per heavy atom. The minimum atomic E-state index is -0.252. The van der Waals surface area contributed by atoms with Crippen LogP contribution >= 0.6 is 11.6 Å². The van der Waals surface area contributed by atoms with Gasteiger partial charge in [-0.05, 0) is 37.3 Å². The van der Waals surface area contributed by atoms with Crippen molar-refractivity contribution in [2.45, 2.75) is 31.8 Å². The number of hydrogen-bond donors (Lipinski definition) is 2. The van der Waals surface area contributed by atoms with Crippen LogP contribution in [0.25, 0.3) is 0 Å². The SMILES string of the molecule is COc1ccc([C@H]2CCC[NH+]2[C@@H](C)C(=O)Nc2cc(Cl)ccc2OC)c(OC)c1. The summed E-state index contributed by atoms with van der Waals surface area (Å²) in [7, 11) is 4.87. The maximum Gasteiger partial charge on any atom is 0.282 e. The van der Waals surface area contributed by atoms with Crippen LogP contribution in [0.5, 0.6) is 17.2 Å². The molecule has 3 atom stereocenters. The zero-order valence-corrected chi connectivity index (χ0v) is 18.0. The van der Waals surface area contributed by atoms with Crippen molar-refractivity contribution in [2.75, 3.05) is 33.2 Å². The van der Waals surface area contributed by atoms with Crippen molar-refractivity contribution in [2.24, 2.45) is 0 Å². The van der Waals surface area contributed by atoms with Crippen LogP contribution in [0.1, 0.15) is 31.4 Å². The van der Waals surface area contributed by atoms with E-state index < -0.39 is 0 Å². The van der Waals surface area contributed by atoms with Crippen molar-refractivity contribution < 1.29 is 23.9 Å². The molecular formula is C22H28ClN2O4+. The molecule has 6 nitrogen and oxygen atoms in total. The molecule has 1 unspecified atom stereocenters. The predicted octanol–water partition coefficient (Wildman–Crippen LogP) is 3.11. The first-order valence-electron chi connectivity index (χ1n) is 9.70. The molecule has 1 saturated heterocycles. The van der Waals surface area contributed by atoms with Gasteiger partial charge in [-0.25, -0.2) is 0 Å². The second-order valence-electron chi connectivity index (χ2n) is 7.18. The standard InChI is InChI=1S/C22H27ClN2O4/c1-14(22(26)24-18-12-15(23)7-10-20(18)28-3)25-11-5-6-19(25)17-9-8-16(27-2)13-21(17)29-4/h7-10,12-14,19H,5-6,11H2,1-4H3,(H,24,26)/p+1/t14-,19+/m0/s1. The van der Waals surface area contributed by atoms with Crippen LogP contribution in [0.4, 0.5) is 5.69 Å². The average Bonchev–Trinajstić information content (AvgIpc) is 3.22. The van der Waals surface area contributed by atoms with E-state index in [-0.39, 0.29) is 18.0 Å². The van der Waals surface area contributed by atoms with Crippen molar-refractivity contribution in [3.63, 3.8) is 0 Å². The normalized spacial score (nSPS) is 19.5. The minimum absolute atomic E-state index is 0.0695. The fourth-order valence-electron chi connectivity index (χ4n) is 4.04. The number of nitrogens with one attached hydrogen (secondary N) is 2. The summed E-state index contributed by atoms with van der Waals surface area (Å²) < 4.78 is 16.3. The molecule has 0 aromatic heterocycles. The van der Waals surface area contributed by atoms with Crippen LogP contribution < -0.4 is 24.4 Å². The Labute approximate surface area is 176 Å². The monoisotopic (exact) mass is 419 g/mol. The molecule has 0 bridgehead atoms. The minimum Gasteiger partial charge on any atom is -0.497 e. The fourth-order valence-corrected chi connectivity index (χ4v) is 4.21. The lowest BCUT2D eigenvalue weighted by Crippen LogP contribution is -3.15. The number of carbonyl (C=O) groups excluding carboxylic acids is 1. The van der Waals surface area contributed by atoms with Gasteiger partial charge in [0.2, 0.25) is 0 Å². The molecule has 2 aromatic rings. The summed E-state index contributed by atoms with van der Waals surface area (Å²) in [5.74, 6) is 2.06. The molecule has 0 radical (unpaired) electrons. The Bertz CT molecular complexity index is 874. The number of benzene rings is 2. The first kappa shape index (κ1) is 21.3. The van der Waals surface area contributed by atoms with E-state index >= 15 is 0 Å². The van der Waals surface area contributed by atoms with Gasteiger partial charge in [0.05, 0.1) is 39.1 Å². The zero-order chi connectivity index (χ0) is 21.0. The molecule has 7 heteroatoms. The molecule has 0 saturated carbocycles. The summed E-state index contributed by atoms with van der Waals surface area (Å²) in [6, 6.07) is 11.0. The third-order valence-electron chi connectivity index (χ3n) is 5.59. The molecule has 0 spiro atoms. The summed E-state index contributed by atoms with van der Waals surface area (Å²) in [6.45, 7) is 2.87. The molecule has 1 aliphatic heterocycles. The summed E-state index contributed by atoms with van der Waals surface area (Å²) in [4.78, 5) is 14.2. The summed E-state index contributed by atoms with van der Waals surface area (Å²) in [5.41, 5.74) is 1.68. The van der Waals surface area contributed by atoms with Crippen LogP contribution in [-0.4, -0.2) is 39.8 Å². The van der Waals surface area contributed by atoms with Gasteiger partial charge in [0.25, 0.3) is 5.91 Å². The lowest BCUT2D eigenvalue weighted by molar-refractivity contribution is -0.932. The van der Waals surface area contributed by atoms with E-state index in [0.29, 0.717) is 16.5 Å². The summed E-state index contributed by atoms with van der Waals surface area (Å²) >= 11 is 6.09. The highest BCUT2D eigenvalue weighted by Gasteiger charge is 2.38. The van der Waals surface area contributed by atoms with Gasteiger partial charge in [-0.1, -0.05) is 11.6 Å². The lowest BCUT2D eigenvalue weighted by atomic mass is 10.0. The van der Waals surface area contributed by atoms with Crippen LogP contribution in [0, 0.1) is 0 Å².